The molecule has 0 bridgehead atoms. The van der Waals surface area contributed by atoms with Gasteiger partial charge in [-0.05, 0) is 63.3 Å². The van der Waals surface area contributed by atoms with Crippen LogP contribution in [0, 0.1) is 5.82 Å². The van der Waals surface area contributed by atoms with Gasteiger partial charge in [-0.3, -0.25) is 4.79 Å². The topological polar surface area (TPSA) is 125 Å². The number of carbonyl (C=O) groups excluding carboxylic acids is 1. The molecule has 2 aromatic heterocycles. The summed E-state index contributed by atoms with van der Waals surface area (Å²) in [4.78, 5) is 25.4. The average molecular weight is 670 g/mol. The van der Waals surface area contributed by atoms with Gasteiger partial charge >= 0.3 is 6.18 Å². The number of piperidine rings is 1. The van der Waals surface area contributed by atoms with Crippen molar-refractivity contribution in [1.82, 2.24) is 19.9 Å². The maximum Gasteiger partial charge on any atom is 0.420 e. The van der Waals surface area contributed by atoms with Gasteiger partial charge in [-0.1, -0.05) is 6.58 Å². The summed E-state index contributed by atoms with van der Waals surface area (Å²) in [6.45, 7) is 3.83. The van der Waals surface area contributed by atoms with E-state index in [1.165, 1.54) is 47.8 Å². The van der Waals surface area contributed by atoms with E-state index in [2.05, 4.69) is 44.1 Å². The summed E-state index contributed by atoms with van der Waals surface area (Å²) in [5, 5.41) is 17.0. The van der Waals surface area contributed by atoms with Crippen LogP contribution in [0.25, 0.3) is 10.9 Å². The summed E-state index contributed by atoms with van der Waals surface area (Å²) >= 11 is 0. The van der Waals surface area contributed by atoms with E-state index in [9.17, 15) is 18.3 Å². The number of methoxy groups -OCH3 is 1. The van der Waals surface area contributed by atoms with Crippen molar-refractivity contribution in [3.63, 3.8) is 0 Å². The van der Waals surface area contributed by atoms with E-state index in [4.69, 9.17) is 14.3 Å². The maximum atomic E-state index is 15.3. The lowest BCUT2D eigenvalue weighted by molar-refractivity contribution is -0.267. The van der Waals surface area contributed by atoms with Gasteiger partial charge in [0, 0.05) is 35.8 Å². The molecular weight excluding hydrogens is 634 g/mol. The number of allylic oxidation sites excluding steroid dienone is 1. The van der Waals surface area contributed by atoms with E-state index in [1.54, 1.807) is 13.2 Å². The molecule has 15 heteroatoms. The Kier molecular flexibility index (Phi) is 10.3. The number of aldehydes is 1. The summed E-state index contributed by atoms with van der Waals surface area (Å²) < 4.78 is 65.6. The Morgan fingerprint density at radius 2 is 1.75 bits per heavy atom. The number of benzene rings is 2. The van der Waals surface area contributed by atoms with E-state index < -0.39 is 30.7 Å². The molecule has 0 spiro atoms. The largest absolute Gasteiger partial charge is 0.495 e. The minimum atomic E-state index is -4.73. The number of hydrogen-bond acceptors (Lipinski definition) is 11. The standard InChI is InChI=1S/C30H31F4N7O3.C3H4O/c1-40-9-6-18(7-10-40)38-25-13-21-24(14-26(25)43-2)36-17-37-28(21)39-23-4-3-19(11-22(23)31)44-20-5-8-35-27(12-20)41-15-29(42,16-41)30(32,33)34;1-2-3-4/h3-5,8,11-14,17-18,38,42H,6-7,9-10,15-16H2,1-2H3,(H,36,37,39);2-3H,1H2. The summed E-state index contributed by atoms with van der Waals surface area (Å²) in [7, 11) is 3.71. The quantitative estimate of drug-likeness (QED) is 0.116. The number of pyridine rings is 1. The third-order valence-corrected chi connectivity index (χ3v) is 8.03. The minimum absolute atomic E-state index is 0.153. The number of aromatic nitrogens is 3. The van der Waals surface area contributed by atoms with Gasteiger partial charge in [-0.2, -0.15) is 13.2 Å². The fourth-order valence-corrected chi connectivity index (χ4v) is 5.32. The number of rotatable bonds is 9. The Morgan fingerprint density at radius 3 is 2.40 bits per heavy atom. The van der Waals surface area contributed by atoms with Crippen molar-refractivity contribution < 1.29 is 36.9 Å². The number of fused-ring (bicyclic) bond motifs is 1. The first kappa shape index (κ1) is 34.3. The Hall–Kier alpha value is -5.02. The summed E-state index contributed by atoms with van der Waals surface area (Å²) in [6.07, 6.45) is 1.84. The molecule has 0 saturated carbocycles. The van der Waals surface area contributed by atoms with Crippen molar-refractivity contribution in [2.45, 2.75) is 30.7 Å². The summed E-state index contributed by atoms with van der Waals surface area (Å²) in [5.41, 5.74) is -1.20. The fourth-order valence-electron chi connectivity index (χ4n) is 5.32. The van der Waals surface area contributed by atoms with Gasteiger partial charge in [0.25, 0.3) is 0 Å². The van der Waals surface area contributed by atoms with E-state index >= 15 is 4.39 Å². The first-order chi connectivity index (χ1) is 22.9. The molecule has 6 rings (SSSR count). The Balaban J connectivity index is 0.00000107. The predicted octanol–water partition coefficient (Wildman–Crippen LogP) is 5.70. The highest BCUT2D eigenvalue weighted by molar-refractivity contribution is 5.95. The maximum absolute atomic E-state index is 15.3. The van der Waals surface area contributed by atoms with Crippen LogP contribution in [0.5, 0.6) is 17.2 Å². The molecule has 0 radical (unpaired) electrons. The normalized spacial score (nSPS) is 16.3. The highest BCUT2D eigenvalue weighted by Gasteiger charge is 2.61. The number of nitrogens with zero attached hydrogens (tertiary/aromatic N) is 5. The number of aliphatic hydroxyl groups is 1. The molecule has 0 unspecified atom stereocenters. The van der Waals surface area contributed by atoms with Crippen LogP contribution in [0.15, 0.2) is 67.6 Å². The molecule has 254 valence electrons. The van der Waals surface area contributed by atoms with Gasteiger partial charge < -0.3 is 35.0 Å². The number of hydrogen-bond donors (Lipinski definition) is 3. The number of alkyl halides is 3. The lowest BCUT2D eigenvalue weighted by Crippen LogP contribution is -2.69. The van der Waals surface area contributed by atoms with Crippen LogP contribution in [0.1, 0.15) is 12.8 Å². The molecule has 2 aromatic carbocycles. The third-order valence-electron chi connectivity index (χ3n) is 8.03. The molecule has 0 amide bonds. The van der Waals surface area contributed by atoms with Crippen molar-refractivity contribution in [1.29, 1.82) is 0 Å². The van der Waals surface area contributed by atoms with Gasteiger partial charge in [-0.25, -0.2) is 19.3 Å². The van der Waals surface area contributed by atoms with E-state index in [1.807, 2.05) is 12.1 Å². The molecule has 4 aromatic rings. The molecule has 2 saturated heterocycles. The monoisotopic (exact) mass is 669 g/mol. The van der Waals surface area contributed by atoms with Crippen molar-refractivity contribution in [3.8, 4) is 17.2 Å². The van der Waals surface area contributed by atoms with Crippen molar-refractivity contribution in [2.75, 3.05) is 55.9 Å². The lowest BCUT2D eigenvalue weighted by atomic mass is 9.93. The van der Waals surface area contributed by atoms with Gasteiger partial charge in [0.1, 0.15) is 47.3 Å². The van der Waals surface area contributed by atoms with Crippen molar-refractivity contribution in [2.24, 2.45) is 0 Å². The number of ether oxygens (including phenoxy) is 2. The number of nitrogens with one attached hydrogen (secondary N) is 2. The number of anilines is 4. The predicted molar refractivity (Wildman–Crippen MR) is 174 cm³/mol. The molecule has 0 atom stereocenters. The van der Waals surface area contributed by atoms with Crippen molar-refractivity contribution in [3.05, 3.63) is 73.5 Å². The van der Waals surface area contributed by atoms with E-state index in [0.29, 0.717) is 28.8 Å². The number of likely N-dealkylation sites (tertiary alicyclic amines) is 1. The lowest BCUT2D eigenvalue weighted by Gasteiger charge is -2.47. The molecule has 11 nitrogen and oxygen atoms in total. The van der Waals surface area contributed by atoms with E-state index in [-0.39, 0.29) is 29.0 Å². The molecule has 4 heterocycles. The van der Waals surface area contributed by atoms with E-state index in [0.717, 1.165) is 31.6 Å². The zero-order chi connectivity index (χ0) is 34.5. The number of carbonyl (C=O) groups is 1. The van der Waals surface area contributed by atoms with Crippen molar-refractivity contribution >= 4 is 40.2 Å². The van der Waals surface area contributed by atoms with Crippen LogP contribution in [0.2, 0.25) is 0 Å². The smallest absolute Gasteiger partial charge is 0.420 e. The highest BCUT2D eigenvalue weighted by Crippen LogP contribution is 2.40. The molecule has 2 aliphatic rings. The van der Waals surface area contributed by atoms with Gasteiger partial charge in [0.15, 0.2) is 5.60 Å². The molecule has 2 fully saturated rings. The zero-order valence-electron chi connectivity index (χ0n) is 26.3. The first-order valence-corrected chi connectivity index (χ1v) is 15.0. The first-order valence-electron chi connectivity index (χ1n) is 15.0. The second-order valence-corrected chi connectivity index (χ2v) is 11.5. The number of halogens is 4. The second-order valence-electron chi connectivity index (χ2n) is 11.5. The number of β-amino-alcohol motifs (C(OH)–C–C–N with tert-alkyl or cyclic N) is 1. The molecule has 2 aliphatic heterocycles. The SMILES string of the molecule is C=CC=O.COc1cc2ncnc(Nc3ccc(Oc4ccnc(N5CC(O)(C(F)(F)F)C5)c4)cc3F)c2cc1NC1CCN(C)CC1. The van der Waals surface area contributed by atoms with Crippen LogP contribution in [-0.4, -0.2) is 89.4 Å². The van der Waals surface area contributed by atoms with Crippen LogP contribution in [-0.2, 0) is 4.79 Å². The zero-order valence-corrected chi connectivity index (χ0v) is 26.3. The third kappa shape index (κ3) is 7.74. The molecule has 0 aliphatic carbocycles. The van der Waals surface area contributed by atoms with Gasteiger partial charge in [-0.15, -0.1) is 0 Å². The van der Waals surface area contributed by atoms with Crippen LogP contribution in [0.4, 0.5) is 40.6 Å². The highest BCUT2D eigenvalue weighted by atomic mass is 19.4. The summed E-state index contributed by atoms with van der Waals surface area (Å²) in [5.74, 6) is 1.06. The Morgan fingerprint density at radius 1 is 1.04 bits per heavy atom. The van der Waals surface area contributed by atoms with Crippen LogP contribution < -0.4 is 25.0 Å². The van der Waals surface area contributed by atoms with Crippen LogP contribution in [0.3, 0.4) is 0 Å². The molecule has 3 N–H and O–H groups in total. The Bertz CT molecular complexity index is 1750. The Labute approximate surface area is 274 Å². The van der Waals surface area contributed by atoms with Gasteiger partial charge in [0.05, 0.1) is 37.1 Å². The van der Waals surface area contributed by atoms with Crippen LogP contribution >= 0.6 is 0 Å². The molecular formula is C33H35F4N7O4. The fraction of sp³-hybridized carbons (Fsp3) is 0.333. The minimum Gasteiger partial charge on any atom is -0.495 e. The molecule has 48 heavy (non-hydrogen) atoms. The second kappa shape index (κ2) is 14.4. The average Bonchev–Trinajstić information content (AvgIpc) is 3.05. The summed E-state index contributed by atoms with van der Waals surface area (Å²) in [6, 6.07) is 11.2. The van der Waals surface area contributed by atoms with Gasteiger partial charge in [0.2, 0.25) is 0 Å².